The van der Waals surface area contributed by atoms with Crippen LogP contribution in [0.4, 0.5) is 0 Å². The Hall–Kier alpha value is -3.67. The molecule has 0 saturated carbocycles. The van der Waals surface area contributed by atoms with Crippen LogP contribution in [-0.2, 0) is 0 Å². The van der Waals surface area contributed by atoms with Crippen molar-refractivity contribution in [3.05, 3.63) is 76.0 Å². The highest BCUT2D eigenvalue weighted by molar-refractivity contribution is 6.07. The molecular weight excluding hydrogens is 342 g/mol. The molecule has 3 heterocycles. The topological polar surface area (TPSA) is 98.8 Å². The van der Waals surface area contributed by atoms with Gasteiger partial charge in [-0.25, -0.2) is 4.79 Å². The highest BCUT2D eigenvalue weighted by Crippen LogP contribution is 2.41. The number of hydrogen-bond donors (Lipinski definition) is 3. The Kier molecular flexibility index (Phi) is 3.88. The molecule has 0 unspecified atom stereocenters. The summed E-state index contributed by atoms with van der Waals surface area (Å²) in [5, 5.41) is 9.88. The number of hydrogen-bond acceptors (Lipinski definition) is 3. The molecule has 3 aromatic heterocycles. The standard InChI is InChI=1S/C21H17N3O3/c1-11-8-14(21(26)27)19(15-10-23-16-4-3-7-22-20(15)16)18(12(11)2)13-5-6-17(25)24-9-13/h3-10,23H,1-2H3,(H,24,25)(H,26,27). The minimum absolute atomic E-state index is 0.200. The third-order valence-electron chi connectivity index (χ3n) is 4.85. The van der Waals surface area contributed by atoms with Crippen molar-refractivity contribution in [1.29, 1.82) is 0 Å². The molecule has 4 aromatic rings. The lowest BCUT2D eigenvalue weighted by molar-refractivity contribution is 0.0697. The first-order chi connectivity index (χ1) is 13.0. The van der Waals surface area contributed by atoms with E-state index in [1.54, 1.807) is 30.7 Å². The van der Waals surface area contributed by atoms with Gasteiger partial charge in [0.2, 0.25) is 5.56 Å². The first kappa shape index (κ1) is 16.8. The van der Waals surface area contributed by atoms with Gasteiger partial charge in [0.15, 0.2) is 0 Å². The summed E-state index contributed by atoms with van der Waals surface area (Å²) < 4.78 is 0. The fourth-order valence-corrected chi connectivity index (χ4v) is 3.44. The van der Waals surface area contributed by atoms with Crippen molar-refractivity contribution in [3.63, 3.8) is 0 Å². The molecule has 0 spiro atoms. The molecule has 6 nitrogen and oxygen atoms in total. The molecule has 134 valence electrons. The third kappa shape index (κ3) is 2.71. The Morgan fingerprint density at radius 1 is 1.07 bits per heavy atom. The van der Waals surface area contributed by atoms with E-state index in [9.17, 15) is 14.7 Å². The van der Waals surface area contributed by atoms with Crippen molar-refractivity contribution in [2.75, 3.05) is 0 Å². The number of aromatic carboxylic acids is 1. The summed E-state index contributed by atoms with van der Waals surface area (Å²) in [5.74, 6) is -1.01. The van der Waals surface area contributed by atoms with Gasteiger partial charge in [-0.1, -0.05) is 0 Å². The van der Waals surface area contributed by atoms with Crippen LogP contribution in [0.3, 0.4) is 0 Å². The maximum Gasteiger partial charge on any atom is 0.336 e. The molecule has 3 N–H and O–H groups in total. The lowest BCUT2D eigenvalue weighted by atomic mass is 9.86. The lowest BCUT2D eigenvalue weighted by Crippen LogP contribution is -2.06. The number of aromatic amines is 2. The van der Waals surface area contributed by atoms with Gasteiger partial charge in [0.05, 0.1) is 16.6 Å². The maximum absolute atomic E-state index is 12.1. The van der Waals surface area contributed by atoms with Crippen LogP contribution in [0, 0.1) is 13.8 Å². The van der Waals surface area contributed by atoms with E-state index in [4.69, 9.17) is 0 Å². The molecule has 0 aliphatic heterocycles. The number of nitrogens with one attached hydrogen (secondary N) is 2. The fourth-order valence-electron chi connectivity index (χ4n) is 3.44. The molecule has 0 atom stereocenters. The third-order valence-corrected chi connectivity index (χ3v) is 4.85. The number of nitrogens with zero attached hydrogens (tertiary/aromatic N) is 1. The van der Waals surface area contributed by atoms with E-state index in [1.807, 2.05) is 26.0 Å². The molecular formula is C21H17N3O3. The van der Waals surface area contributed by atoms with Gasteiger partial charge >= 0.3 is 5.97 Å². The Morgan fingerprint density at radius 2 is 1.89 bits per heavy atom. The average Bonchev–Trinajstić information content (AvgIpc) is 3.08. The number of aromatic nitrogens is 3. The van der Waals surface area contributed by atoms with Crippen LogP contribution >= 0.6 is 0 Å². The zero-order valence-electron chi connectivity index (χ0n) is 14.8. The molecule has 0 radical (unpaired) electrons. The number of benzene rings is 1. The number of carboxylic acids is 1. The molecule has 27 heavy (non-hydrogen) atoms. The van der Waals surface area contributed by atoms with E-state index >= 15 is 0 Å². The highest BCUT2D eigenvalue weighted by atomic mass is 16.4. The summed E-state index contributed by atoms with van der Waals surface area (Å²) >= 11 is 0. The summed E-state index contributed by atoms with van der Waals surface area (Å²) in [7, 11) is 0. The smallest absolute Gasteiger partial charge is 0.336 e. The van der Waals surface area contributed by atoms with Crippen molar-refractivity contribution in [2.24, 2.45) is 0 Å². The quantitative estimate of drug-likeness (QED) is 0.516. The van der Waals surface area contributed by atoms with Gasteiger partial charge in [-0.3, -0.25) is 9.78 Å². The van der Waals surface area contributed by atoms with Gasteiger partial charge in [0, 0.05) is 35.8 Å². The normalized spacial score (nSPS) is 11.0. The SMILES string of the molecule is Cc1cc(C(=O)O)c(-c2c[nH]c3cccnc23)c(-c2ccc(=O)[nH]c2)c1C. The van der Waals surface area contributed by atoms with E-state index < -0.39 is 5.97 Å². The van der Waals surface area contributed by atoms with Gasteiger partial charge in [-0.05, 0) is 60.4 Å². The van der Waals surface area contributed by atoms with Crippen LogP contribution in [0.25, 0.3) is 33.3 Å². The van der Waals surface area contributed by atoms with Crippen molar-refractivity contribution in [1.82, 2.24) is 15.0 Å². The number of carbonyl (C=O) groups is 1. The summed E-state index contributed by atoms with van der Waals surface area (Å²) in [5.41, 5.74) is 6.16. The summed E-state index contributed by atoms with van der Waals surface area (Å²) in [6.07, 6.45) is 5.08. The summed E-state index contributed by atoms with van der Waals surface area (Å²) in [4.78, 5) is 33.8. The van der Waals surface area contributed by atoms with Crippen molar-refractivity contribution < 1.29 is 9.90 Å². The summed E-state index contributed by atoms with van der Waals surface area (Å²) in [6, 6.07) is 8.55. The second kappa shape index (κ2) is 6.25. The molecule has 0 aliphatic carbocycles. The minimum Gasteiger partial charge on any atom is -0.478 e. The molecule has 0 bridgehead atoms. The first-order valence-electron chi connectivity index (χ1n) is 8.46. The van der Waals surface area contributed by atoms with Gasteiger partial charge in [-0.2, -0.15) is 0 Å². The van der Waals surface area contributed by atoms with Crippen molar-refractivity contribution >= 4 is 17.0 Å². The van der Waals surface area contributed by atoms with E-state index in [-0.39, 0.29) is 11.1 Å². The van der Waals surface area contributed by atoms with Crippen LogP contribution in [-0.4, -0.2) is 26.0 Å². The van der Waals surface area contributed by atoms with Gasteiger partial charge in [0.1, 0.15) is 0 Å². The minimum atomic E-state index is -1.01. The number of rotatable bonds is 3. The highest BCUT2D eigenvalue weighted by Gasteiger charge is 2.23. The van der Waals surface area contributed by atoms with E-state index in [0.717, 1.165) is 27.8 Å². The van der Waals surface area contributed by atoms with Crippen LogP contribution < -0.4 is 5.56 Å². The van der Waals surface area contributed by atoms with E-state index in [1.165, 1.54) is 6.07 Å². The zero-order valence-corrected chi connectivity index (χ0v) is 14.8. The first-order valence-corrected chi connectivity index (χ1v) is 8.46. The number of carboxylic acid groups (broad SMARTS) is 1. The Labute approximate surface area is 154 Å². The van der Waals surface area contributed by atoms with Crippen LogP contribution in [0.1, 0.15) is 21.5 Å². The Morgan fingerprint density at radius 3 is 2.59 bits per heavy atom. The lowest BCUT2D eigenvalue weighted by Gasteiger charge is -2.17. The second-order valence-electron chi connectivity index (χ2n) is 6.46. The summed E-state index contributed by atoms with van der Waals surface area (Å²) in [6.45, 7) is 3.83. The molecule has 4 rings (SSSR count). The molecule has 6 heteroatoms. The zero-order chi connectivity index (χ0) is 19.1. The number of H-pyrrole nitrogens is 2. The van der Waals surface area contributed by atoms with Crippen LogP contribution in [0.15, 0.2) is 53.7 Å². The van der Waals surface area contributed by atoms with Crippen molar-refractivity contribution in [3.8, 4) is 22.3 Å². The fraction of sp³-hybridized carbons (Fsp3) is 0.0952. The number of pyridine rings is 2. The second-order valence-corrected chi connectivity index (χ2v) is 6.46. The molecule has 0 aliphatic rings. The Balaban J connectivity index is 2.16. The Bertz CT molecular complexity index is 1230. The van der Waals surface area contributed by atoms with E-state index in [0.29, 0.717) is 16.6 Å². The van der Waals surface area contributed by atoms with Gasteiger partial charge in [-0.15, -0.1) is 0 Å². The molecule has 0 amide bonds. The largest absolute Gasteiger partial charge is 0.478 e. The van der Waals surface area contributed by atoms with E-state index in [2.05, 4.69) is 15.0 Å². The molecule has 1 aromatic carbocycles. The maximum atomic E-state index is 12.1. The monoisotopic (exact) mass is 359 g/mol. The molecule has 0 saturated heterocycles. The number of fused-ring (bicyclic) bond motifs is 1. The number of aryl methyl sites for hydroxylation is 1. The van der Waals surface area contributed by atoms with Gasteiger partial charge in [0.25, 0.3) is 0 Å². The average molecular weight is 359 g/mol. The molecule has 0 fully saturated rings. The van der Waals surface area contributed by atoms with Crippen molar-refractivity contribution in [2.45, 2.75) is 13.8 Å². The predicted molar refractivity (Wildman–Crippen MR) is 104 cm³/mol. The van der Waals surface area contributed by atoms with Gasteiger partial charge < -0.3 is 15.1 Å². The van der Waals surface area contributed by atoms with Crippen LogP contribution in [0.2, 0.25) is 0 Å². The van der Waals surface area contributed by atoms with Crippen LogP contribution in [0.5, 0.6) is 0 Å². The predicted octanol–water partition coefficient (Wildman–Crippen LogP) is 3.90.